The van der Waals surface area contributed by atoms with E-state index < -0.39 is 0 Å². The highest BCUT2D eigenvalue weighted by atomic mass is 32.2. The first kappa shape index (κ1) is 9.81. The molecule has 0 saturated carbocycles. The SMILES string of the molecule is C1CCC(CCSC2COC2)NC1. The number of hydrogen-bond donors (Lipinski definition) is 1. The van der Waals surface area contributed by atoms with Gasteiger partial charge in [-0.3, -0.25) is 0 Å². The van der Waals surface area contributed by atoms with Crippen molar-refractivity contribution in [3.63, 3.8) is 0 Å². The van der Waals surface area contributed by atoms with Crippen LogP contribution in [0.25, 0.3) is 0 Å². The highest BCUT2D eigenvalue weighted by Gasteiger charge is 2.19. The molecule has 1 atom stereocenters. The summed E-state index contributed by atoms with van der Waals surface area (Å²) in [5.41, 5.74) is 0. The molecule has 0 aromatic heterocycles. The molecule has 2 heterocycles. The van der Waals surface area contributed by atoms with Gasteiger partial charge in [0.1, 0.15) is 0 Å². The van der Waals surface area contributed by atoms with E-state index in [1.807, 2.05) is 0 Å². The van der Waals surface area contributed by atoms with Crippen molar-refractivity contribution in [3.05, 3.63) is 0 Å². The minimum atomic E-state index is 0.808. The van der Waals surface area contributed by atoms with Gasteiger partial charge in [0.05, 0.1) is 18.5 Å². The molecule has 0 radical (unpaired) electrons. The zero-order valence-electron chi connectivity index (χ0n) is 8.13. The van der Waals surface area contributed by atoms with Crippen molar-refractivity contribution >= 4 is 11.8 Å². The number of rotatable bonds is 4. The minimum Gasteiger partial charge on any atom is -0.379 e. The van der Waals surface area contributed by atoms with Crippen molar-refractivity contribution in [1.82, 2.24) is 5.32 Å². The second kappa shape index (κ2) is 5.23. The van der Waals surface area contributed by atoms with Crippen LogP contribution in [0.5, 0.6) is 0 Å². The van der Waals surface area contributed by atoms with Crippen LogP contribution < -0.4 is 5.32 Å². The van der Waals surface area contributed by atoms with Crippen LogP contribution in [-0.2, 0) is 4.74 Å². The van der Waals surface area contributed by atoms with Gasteiger partial charge in [-0.1, -0.05) is 6.42 Å². The van der Waals surface area contributed by atoms with Crippen molar-refractivity contribution in [2.24, 2.45) is 0 Å². The highest BCUT2D eigenvalue weighted by Crippen LogP contribution is 2.21. The summed E-state index contributed by atoms with van der Waals surface area (Å²) >= 11 is 2.09. The third-order valence-electron chi connectivity index (χ3n) is 2.84. The predicted molar refractivity (Wildman–Crippen MR) is 57.3 cm³/mol. The average Bonchev–Trinajstić information content (AvgIpc) is 2.11. The molecule has 76 valence electrons. The summed E-state index contributed by atoms with van der Waals surface area (Å²) in [4.78, 5) is 0. The maximum absolute atomic E-state index is 5.14. The maximum atomic E-state index is 5.14. The molecule has 2 aliphatic rings. The molecule has 1 N–H and O–H groups in total. The maximum Gasteiger partial charge on any atom is 0.0607 e. The van der Waals surface area contributed by atoms with Crippen LogP contribution >= 0.6 is 11.8 Å². The summed E-state index contributed by atoms with van der Waals surface area (Å²) in [7, 11) is 0. The van der Waals surface area contributed by atoms with Crippen LogP contribution in [0.1, 0.15) is 25.7 Å². The van der Waals surface area contributed by atoms with Crippen LogP contribution in [0.15, 0.2) is 0 Å². The molecule has 2 nitrogen and oxygen atoms in total. The Bertz CT molecular complexity index is 144. The molecule has 0 aromatic rings. The lowest BCUT2D eigenvalue weighted by atomic mass is 10.0. The topological polar surface area (TPSA) is 21.3 Å². The van der Waals surface area contributed by atoms with Crippen molar-refractivity contribution in [2.75, 3.05) is 25.5 Å². The molecular weight excluding hydrogens is 182 g/mol. The molecule has 0 aromatic carbocycles. The monoisotopic (exact) mass is 201 g/mol. The molecule has 2 aliphatic heterocycles. The lowest BCUT2D eigenvalue weighted by Crippen LogP contribution is -2.35. The molecule has 1 unspecified atom stereocenters. The molecule has 2 saturated heterocycles. The zero-order chi connectivity index (χ0) is 8.93. The Hall–Kier alpha value is 0.270. The number of thioether (sulfide) groups is 1. The Morgan fingerprint density at radius 2 is 2.23 bits per heavy atom. The molecule has 0 bridgehead atoms. The molecule has 0 spiro atoms. The molecule has 13 heavy (non-hydrogen) atoms. The van der Waals surface area contributed by atoms with E-state index in [1.54, 1.807) is 0 Å². The van der Waals surface area contributed by atoms with Crippen LogP contribution in [0.2, 0.25) is 0 Å². The number of ether oxygens (including phenoxy) is 1. The van der Waals surface area contributed by atoms with Crippen LogP contribution in [0.4, 0.5) is 0 Å². The van der Waals surface area contributed by atoms with E-state index in [9.17, 15) is 0 Å². The first-order valence-corrected chi connectivity index (χ1v) is 6.43. The van der Waals surface area contributed by atoms with E-state index in [0.717, 1.165) is 24.5 Å². The van der Waals surface area contributed by atoms with Crippen LogP contribution in [0.3, 0.4) is 0 Å². The summed E-state index contributed by atoms with van der Waals surface area (Å²) in [6.45, 7) is 3.22. The first-order chi connectivity index (χ1) is 6.45. The van der Waals surface area contributed by atoms with Gasteiger partial charge >= 0.3 is 0 Å². The van der Waals surface area contributed by atoms with Gasteiger partial charge in [-0.05, 0) is 31.6 Å². The summed E-state index contributed by atoms with van der Waals surface area (Å²) in [6, 6.07) is 0.808. The van der Waals surface area contributed by atoms with Gasteiger partial charge in [0.25, 0.3) is 0 Å². The van der Waals surface area contributed by atoms with Crippen LogP contribution in [0, 0.1) is 0 Å². The molecule has 2 rings (SSSR count). The zero-order valence-corrected chi connectivity index (χ0v) is 8.94. The lowest BCUT2D eigenvalue weighted by Gasteiger charge is -2.27. The Kier molecular flexibility index (Phi) is 3.94. The Labute approximate surface area is 84.8 Å². The third-order valence-corrected chi connectivity index (χ3v) is 4.05. The summed E-state index contributed by atoms with van der Waals surface area (Å²) < 4.78 is 5.14. The van der Waals surface area contributed by atoms with Crippen LogP contribution in [-0.4, -0.2) is 36.8 Å². The van der Waals surface area contributed by atoms with Gasteiger partial charge in [0.2, 0.25) is 0 Å². The van der Waals surface area contributed by atoms with E-state index in [4.69, 9.17) is 4.74 Å². The quantitative estimate of drug-likeness (QED) is 0.747. The number of piperidine rings is 1. The van der Waals surface area contributed by atoms with E-state index in [0.29, 0.717) is 0 Å². The first-order valence-electron chi connectivity index (χ1n) is 5.38. The van der Waals surface area contributed by atoms with Gasteiger partial charge in [-0.2, -0.15) is 11.8 Å². The fourth-order valence-electron chi connectivity index (χ4n) is 1.86. The molecule has 0 aliphatic carbocycles. The fraction of sp³-hybridized carbons (Fsp3) is 1.00. The normalized spacial score (nSPS) is 30.0. The third kappa shape index (κ3) is 3.15. The van der Waals surface area contributed by atoms with Gasteiger partial charge in [-0.25, -0.2) is 0 Å². The number of nitrogens with one attached hydrogen (secondary N) is 1. The van der Waals surface area contributed by atoms with Gasteiger partial charge in [0, 0.05) is 6.04 Å². The summed E-state index contributed by atoms with van der Waals surface area (Å²) in [5, 5.41) is 4.39. The molecular formula is C10H19NOS. The standard InChI is InChI=1S/C10H19NOS/c1-2-5-11-9(3-1)4-6-13-10-7-12-8-10/h9-11H,1-8H2. The van der Waals surface area contributed by atoms with Gasteiger partial charge in [-0.15, -0.1) is 0 Å². The van der Waals surface area contributed by atoms with Crippen molar-refractivity contribution in [1.29, 1.82) is 0 Å². The van der Waals surface area contributed by atoms with Gasteiger partial charge in [0.15, 0.2) is 0 Å². The van der Waals surface area contributed by atoms with Gasteiger partial charge < -0.3 is 10.1 Å². The summed E-state index contributed by atoms with van der Waals surface area (Å²) in [5.74, 6) is 1.31. The lowest BCUT2D eigenvalue weighted by molar-refractivity contribution is 0.0455. The Morgan fingerprint density at radius 1 is 1.31 bits per heavy atom. The minimum absolute atomic E-state index is 0.808. The Balaban J connectivity index is 1.50. The predicted octanol–water partition coefficient (Wildman–Crippen LogP) is 1.65. The number of hydrogen-bond acceptors (Lipinski definition) is 3. The molecule has 2 fully saturated rings. The fourth-order valence-corrected chi connectivity index (χ4v) is 3.00. The largest absolute Gasteiger partial charge is 0.379 e. The van der Waals surface area contributed by atoms with Crippen molar-refractivity contribution in [2.45, 2.75) is 37.0 Å². The second-order valence-corrected chi connectivity index (χ2v) is 5.37. The summed E-state index contributed by atoms with van der Waals surface area (Å²) in [6.07, 6.45) is 5.54. The van der Waals surface area contributed by atoms with E-state index in [2.05, 4.69) is 17.1 Å². The van der Waals surface area contributed by atoms with E-state index in [-0.39, 0.29) is 0 Å². The second-order valence-electron chi connectivity index (χ2n) is 3.97. The van der Waals surface area contributed by atoms with Crippen molar-refractivity contribution in [3.8, 4) is 0 Å². The smallest absolute Gasteiger partial charge is 0.0607 e. The molecule has 0 amide bonds. The average molecular weight is 201 g/mol. The van der Waals surface area contributed by atoms with E-state index in [1.165, 1.54) is 38.0 Å². The van der Waals surface area contributed by atoms with Crippen molar-refractivity contribution < 1.29 is 4.74 Å². The highest BCUT2D eigenvalue weighted by molar-refractivity contribution is 8.00. The molecule has 3 heteroatoms. The Morgan fingerprint density at radius 3 is 2.85 bits per heavy atom. The van der Waals surface area contributed by atoms with E-state index >= 15 is 0 Å².